The largest absolute Gasteiger partial charge is 0.307 e. The number of aryl methyl sites for hydroxylation is 1. The first-order valence-electron chi connectivity index (χ1n) is 6.51. The third-order valence-electron chi connectivity index (χ3n) is 2.61. The van der Waals surface area contributed by atoms with Crippen LogP contribution in [0.25, 0.3) is 0 Å². The van der Waals surface area contributed by atoms with Gasteiger partial charge in [0.1, 0.15) is 0 Å². The molecule has 2 heteroatoms. The molecule has 96 valence electrons. The third kappa shape index (κ3) is 4.68. The maximum absolute atomic E-state index is 4.27. The second kappa shape index (κ2) is 8.43. The normalized spacial score (nSPS) is 9.50. The standard InChI is InChI=1S/C14H16N2.C2H6/c1-12-6-2-3-7-13(12)10-15-11-14-8-4-5-9-16-14;1-2/h2-9,15H,10-11H2,1H3;1-2H3. The molecule has 2 rings (SSSR count). The fourth-order valence-corrected chi connectivity index (χ4v) is 1.64. The number of benzene rings is 1. The van der Waals surface area contributed by atoms with Gasteiger partial charge in [0.2, 0.25) is 0 Å². The molecule has 1 aromatic heterocycles. The Kier molecular flexibility index (Phi) is 6.74. The van der Waals surface area contributed by atoms with Crippen LogP contribution in [0.3, 0.4) is 0 Å². The number of hydrogen-bond acceptors (Lipinski definition) is 2. The molecule has 0 atom stereocenters. The van der Waals surface area contributed by atoms with E-state index in [-0.39, 0.29) is 0 Å². The second-order valence-electron chi connectivity index (χ2n) is 3.85. The summed E-state index contributed by atoms with van der Waals surface area (Å²) >= 11 is 0. The average molecular weight is 242 g/mol. The number of aromatic nitrogens is 1. The summed E-state index contributed by atoms with van der Waals surface area (Å²) in [6, 6.07) is 14.4. The zero-order valence-electron chi connectivity index (χ0n) is 11.5. The van der Waals surface area contributed by atoms with Crippen molar-refractivity contribution in [3.8, 4) is 0 Å². The zero-order chi connectivity index (χ0) is 13.2. The molecule has 2 nitrogen and oxygen atoms in total. The van der Waals surface area contributed by atoms with E-state index in [1.807, 2.05) is 38.2 Å². The molecule has 1 N–H and O–H groups in total. The van der Waals surface area contributed by atoms with Gasteiger partial charge in [0, 0.05) is 19.3 Å². The first-order chi connectivity index (χ1) is 8.86. The molecule has 0 aliphatic carbocycles. The number of pyridine rings is 1. The van der Waals surface area contributed by atoms with E-state index in [1.165, 1.54) is 11.1 Å². The van der Waals surface area contributed by atoms with E-state index in [0.717, 1.165) is 18.8 Å². The van der Waals surface area contributed by atoms with Crippen molar-refractivity contribution < 1.29 is 0 Å². The number of rotatable bonds is 4. The topological polar surface area (TPSA) is 24.9 Å². The highest BCUT2D eigenvalue weighted by Gasteiger charge is 1.96. The highest BCUT2D eigenvalue weighted by atomic mass is 14.9. The van der Waals surface area contributed by atoms with Crippen LogP contribution in [0.4, 0.5) is 0 Å². The smallest absolute Gasteiger partial charge is 0.0541 e. The van der Waals surface area contributed by atoms with Gasteiger partial charge in [-0.2, -0.15) is 0 Å². The van der Waals surface area contributed by atoms with Gasteiger partial charge in [0.05, 0.1) is 5.69 Å². The summed E-state index contributed by atoms with van der Waals surface area (Å²) in [6.45, 7) is 7.84. The fourth-order valence-electron chi connectivity index (χ4n) is 1.64. The van der Waals surface area contributed by atoms with Crippen molar-refractivity contribution in [2.24, 2.45) is 0 Å². The van der Waals surface area contributed by atoms with Crippen molar-refractivity contribution >= 4 is 0 Å². The molecular formula is C16H22N2. The average Bonchev–Trinajstić information content (AvgIpc) is 2.44. The van der Waals surface area contributed by atoms with Crippen LogP contribution in [0.15, 0.2) is 48.7 Å². The highest BCUT2D eigenvalue weighted by molar-refractivity contribution is 5.25. The van der Waals surface area contributed by atoms with Gasteiger partial charge in [-0.15, -0.1) is 0 Å². The monoisotopic (exact) mass is 242 g/mol. The van der Waals surface area contributed by atoms with Crippen molar-refractivity contribution in [1.29, 1.82) is 0 Å². The summed E-state index contributed by atoms with van der Waals surface area (Å²) in [5.41, 5.74) is 3.76. The maximum Gasteiger partial charge on any atom is 0.0541 e. The lowest BCUT2D eigenvalue weighted by atomic mass is 10.1. The first kappa shape index (κ1) is 14.4. The third-order valence-corrected chi connectivity index (χ3v) is 2.61. The Balaban J connectivity index is 0.000000771. The molecule has 0 bridgehead atoms. The Labute approximate surface area is 110 Å². The Morgan fingerprint density at radius 2 is 1.67 bits per heavy atom. The molecule has 0 saturated carbocycles. The maximum atomic E-state index is 4.27. The Bertz CT molecular complexity index is 438. The molecule has 0 saturated heterocycles. The van der Waals surface area contributed by atoms with Gasteiger partial charge >= 0.3 is 0 Å². The molecule has 0 amide bonds. The van der Waals surface area contributed by atoms with E-state index in [4.69, 9.17) is 0 Å². The summed E-state index contributed by atoms with van der Waals surface area (Å²) in [5.74, 6) is 0. The van der Waals surface area contributed by atoms with Gasteiger partial charge in [0.15, 0.2) is 0 Å². The molecule has 0 aliphatic heterocycles. The van der Waals surface area contributed by atoms with Crippen molar-refractivity contribution in [1.82, 2.24) is 10.3 Å². The minimum Gasteiger partial charge on any atom is -0.307 e. The van der Waals surface area contributed by atoms with Crippen LogP contribution in [0.5, 0.6) is 0 Å². The minimum atomic E-state index is 0.815. The second-order valence-corrected chi connectivity index (χ2v) is 3.85. The van der Waals surface area contributed by atoms with E-state index in [2.05, 4.69) is 41.5 Å². The predicted octanol–water partition coefficient (Wildman–Crippen LogP) is 3.71. The minimum absolute atomic E-state index is 0.815. The summed E-state index contributed by atoms with van der Waals surface area (Å²) in [4.78, 5) is 4.27. The van der Waals surface area contributed by atoms with Crippen LogP contribution in [-0.4, -0.2) is 4.98 Å². The van der Waals surface area contributed by atoms with E-state index in [9.17, 15) is 0 Å². The number of hydrogen-bond donors (Lipinski definition) is 1. The predicted molar refractivity (Wildman–Crippen MR) is 77.3 cm³/mol. The highest BCUT2D eigenvalue weighted by Crippen LogP contribution is 2.06. The molecule has 1 heterocycles. The Morgan fingerprint density at radius 1 is 0.944 bits per heavy atom. The molecule has 0 radical (unpaired) electrons. The van der Waals surface area contributed by atoms with E-state index >= 15 is 0 Å². The molecule has 1 aromatic carbocycles. The molecular weight excluding hydrogens is 220 g/mol. The van der Waals surface area contributed by atoms with Crippen LogP contribution in [0, 0.1) is 6.92 Å². The van der Waals surface area contributed by atoms with Crippen molar-refractivity contribution in [2.75, 3.05) is 0 Å². The number of nitrogens with zero attached hydrogens (tertiary/aromatic N) is 1. The van der Waals surface area contributed by atoms with Crippen molar-refractivity contribution in [3.63, 3.8) is 0 Å². The van der Waals surface area contributed by atoms with E-state index in [1.54, 1.807) is 0 Å². The van der Waals surface area contributed by atoms with Crippen LogP contribution in [0.2, 0.25) is 0 Å². The number of nitrogens with one attached hydrogen (secondary N) is 1. The summed E-state index contributed by atoms with van der Waals surface area (Å²) < 4.78 is 0. The lowest BCUT2D eigenvalue weighted by Gasteiger charge is -2.06. The van der Waals surface area contributed by atoms with Gasteiger partial charge in [0.25, 0.3) is 0 Å². The van der Waals surface area contributed by atoms with Gasteiger partial charge in [-0.3, -0.25) is 4.98 Å². The van der Waals surface area contributed by atoms with E-state index in [0.29, 0.717) is 0 Å². The Morgan fingerprint density at radius 3 is 2.33 bits per heavy atom. The van der Waals surface area contributed by atoms with Crippen molar-refractivity contribution in [2.45, 2.75) is 33.9 Å². The SMILES string of the molecule is CC.Cc1ccccc1CNCc1ccccn1. The molecule has 0 fully saturated rings. The van der Waals surface area contributed by atoms with E-state index < -0.39 is 0 Å². The molecule has 0 unspecified atom stereocenters. The lowest BCUT2D eigenvalue weighted by Crippen LogP contribution is -2.14. The zero-order valence-corrected chi connectivity index (χ0v) is 11.5. The molecule has 0 aliphatic rings. The van der Waals surface area contributed by atoms with Crippen molar-refractivity contribution in [3.05, 3.63) is 65.5 Å². The van der Waals surface area contributed by atoms with Crippen LogP contribution >= 0.6 is 0 Å². The van der Waals surface area contributed by atoms with Crippen LogP contribution in [0.1, 0.15) is 30.7 Å². The molecule has 18 heavy (non-hydrogen) atoms. The lowest BCUT2D eigenvalue weighted by molar-refractivity contribution is 0.677. The molecule has 2 aromatic rings. The summed E-state index contributed by atoms with van der Waals surface area (Å²) in [5, 5.41) is 3.40. The summed E-state index contributed by atoms with van der Waals surface area (Å²) in [6.07, 6.45) is 1.82. The fraction of sp³-hybridized carbons (Fsp3) is 0.312. The van der Waals surface area contributed by atoms with Crippen LogP contribution in [-0.2, 0) is 13.1 Å². The molecule has 0 spiro atoms. The Hall–Kier alpha value is -1.67. The van der Waals surface area contributed by atoms with Gasteiger partial charge in [-0.25, -0.2) is 0 Å². The summed E-state index contributed by atoms with van der Waals surface area (Å²) in [7, 11) is 0. The van der Waals surface area contributed by atoms with Gasteiger partial charge in [-0.05, 0) is 30.2 Å². The quantitative estimate of drug-likeness (QED) is 0.884. The van der Waals surface area contributed by atoms with Crippen LogP contribution < -0.4 is 5.32 Å². The van der Waals surface area contributed by atoms with Gasteiger partial charge in [-0.1, -0.05) is 44.2 Å². The first-order valence-corrected chi connectivity index (χ1v) is 6.51. The van der Waals surface area contributed by atoms with Gasteiger partial charge < -0.3 is 5.32 Å².